The molecule has 0 unspecified atom stereocenters. The number of para-hydroxylation sites is 1. The number of hydrazone groups is 1. The Hall–Kier alpha value is -4.07. The third kappa shape index (κ3) is 6.33. The molecule has 8 heteroatoms. The summed E-state index contributed by atoms with van der Waals surface area (Å²) in [5, 5.41) is 13.9. The molecule has 5 aromatic rings. The molecule has 0 saturated heterocycles. The Kier molecular flexibility index (Phi) is 8.30. The third-order valence-corrected chi connectivity index (χ3v) is 7.29. The number of nitrogens with zero attached hydrogens (tertiary/aromatic N) is 3. The smallest absolute Gasteiger partial charge is 0.272 e. The summed E-state index contributed by atoms with van der Waals surface area (Å²) < 4.78 is 7.67. The Labute approximate surface area is 247 Å². The predicted molar refractivity (Wildman–Crippen MR) is 165 cm³/mol. The quantitative estimate of drug-likeness (QED) is 0.109. The van der Waals surface area contributed by atoms with Crippen molar-refractivity contribution in [2.24, 2.45) is 5.10 Å². The van der Waals surface area contributed by atoms with Gasteiger partial charge >= 0.3 is 0 Å². The van der Waals surface area contributed by atoms with Crippen LogP contribution in [0.3, 0.4) is 0 Å². The molecule has 1 aromatic heterocycles. The zero-order valence-corrected chi connectivity index (χ0v) is 24.2. The summed E-state index contributed by atoms with van der Waals surface area (Å²) in [6.07, 6.45) is 1.59. The number of halogens is 2. The minimum absolute atomic E-state index is 0.321. The second kappa shape index (κ2) is 12.2. The van der Waals surface area contributed by atoms with Gasteiger partial charge in [-0.05, 0) is 86.0 Å². The van der Waals surface area contributed by atoms with Crippen LogP contribution in [0.15, 0.2) is 107 Å². The lowest BCUT2D eigenvalue weighted by atomic mass is 10.0. The number of nitrogens with one attached hydrogen (secondary N) is 1. The number of carbonyl (C=O) groups is 1. The van der Waals surface area contributed by atoms with Crippen molar-refractivity contribution in [1.82, 2.24) is 10.4 Å². The van der Waals surface area contributed by atoms with Crippen molar-refractivity contribution >= 4 is 61.5 Å². The highest BCUT2D eigenvalue weighted by atomic mass is 127. The number of aromatic nitrogens is 1. The lowest BCUT2D eigenvalue weighted by Gasteiger charge is -2.11. The Bertz CT molecular complexity index is 1710. The van der Waals surface area contributed by atoms with E-state index in [-0.39, 0.29) is 5.91 Å². The maximum absolute atomic E-state index is 13.2. The van der Waals surface area contributed by atoms with Crippen LogP contribution in [0.4, 0.5) is 0 Å². The number of hydrogen-bond acceptors (Lipinski definition) is 5. The summed E-state index contributed by atoms with van der Waals surface area (Å²) in [5.41, 5.74) is 7.92. The van der Waals surface area contributed by atoms with Crippen molar-refractivity contribution in [2.75, 3.05) is 0 Å². The second-order valence-electron chi connectivity index (χ2n) is 8.55. The summed E-state index contributed by atoms with van der Waals surface area (Å²) in [7, 11) is 0. The van der Waals surface area contributed by atoms with Crippen LogP contribution in [0.5, 0.6) is 5.75 Å². The first-order valence-electron chi connectivity index (χ1n) is 11.9. The molecule has 0 aliphatic rings. The molecule has 190 valence electrons. The number of pyridine rings is 1. The van der Waals surface area contributed by atoms with Crippen molar-refractivity contribution in [3.63, 3.8) is 0 Å². The molecule has 1 amide bonds. The molecule has 0 aliphatic carbocycles. The van der Waals surface area contributed by atoms with Gasteiger partial charge in [0.15, 0.2) is 0 Å². The summed E-state index contributed by atoms with van der Waals surface area (Å²) in [5.74, 6) is 0.385. The van der Waals surface area contributed by atoms with Crippen LogP contribution in [0.2, 0.25) is 0 Å². The topological polar surface area (TPSA) is 87.4 Å². The van der Waals surface area contributed by atoms with Crippen molar-refractivity contribution in [1.29, 1.82) is 5.26 Å². The van der Waals surface area contributed by atoms with Gasteiger partial charge in [-0.15, -0.1) is 0 Å². The Balaban J connectivity index is 1.31. The van der Waals surface area contributed by atoms with E-state index >= 15 is 0 Å². The van der Waals surface area contributed by atoms with E-state index < -0.39 is 0 Å². The number of nitriles is 1. The predicted octanol–water partition coefficient (Wildman–Crippen LogP) is 7.48. The average molecular weight is 687 g/mol. The number of benzene rings is 4. The first kappa shape index (κ1) is 26.5. The molecule has 5 rings (SSSR count). The Morgan fingerprint density at radius 3 is 2.51 bits per heavy atom. The molecular weight excluding hydrogens is 667 g/mol. The summed E-state index contributed by atoms with van der Waals surface area (Å²) in [6.45, 7) is 0.370. The highest BCUT2D eigenvalue weighted by Crippen LogP contribution is 2.32. The molecule has 0 bridgehead atoms. The average Bonchev–Trinajstić information content (AvgIpc) is 2.97. The summed E-state index contributed by atoms with van der Waals surface area (Å²) in [4.78, 5) is 17.9. The highest BCUT2D eigenvalue weighted by molar-refractivity contribution is 14.1. The van der Waals surface area contributed by atoms with E-state index in [0.717, 1.165) is 41.3 Å². The molecule has 0 aliphatic heterocycles. The zero-order valence-electron chi connectivity index (χ0n) is 20.4. The molecule has 0 radical (unpaired) electrons. The van der Waals surface area contributed by atoms with Crippen LogP contribution in [-0.4, -0.2) is 17.1 Å². The van der Waals surface area contributed by atoms with Crippen LogP contribution in [0.1, 0.15) is 27.0 Å². The fourth-order valence-corrected chi connectivity index (χ4v) is 5.74. The second-order valence-corrected chi connectivity index (χ2v) is 10.6. The molecule has 6 nitrogen and oxygen atoms in total. The van der Waals surface area contributed by atoms with E-state index in [1.165, 1.54) is 0 Å². The minimum atomic E-state index is -0.321. The first-order chi connectivity index (χ1) is 19.0. The summed E-state index contributed by atoms with van der Waals surface area (Å²) in [6, 6.07) is 32.3. The molecule has 1 heterocycles. The lowest BCUT2D eigenvalue weighted by Crippen LogP contribution is -2.18. The minimum Gasteiger partial charge on any atom is -0.487 e. The van der Waals surface area contributed by atoms with E-state index in [2.05, 4.69) is 55.1 Å². The maximum atomic E-state index is 13.2. The Morgan fingerprint density at radius 1 is 1.03 bits per heavy atom. The van der Waals surface area contributed by atoms with Gasteiger partial charge in [-0.1, -0.05) is 60.7 Å². The number of hydrogen-bond donors (Lipinski definition) is 1. The zero-order chi connectivity index (χ0) is 27.2. The summed E-state index contributed by atoms with van der Waals surface area (Å²) >= 11 is 5.79. The first-order valence-corrected chi connectivity index (χ1v) is 13.8. The van der Waals surface area contributed by atoms with Crippen molar-refractivity contribution in [3.05, 3.63) is 127 Å². The lowest BCUT2D eigenvalue weighted by molar-refractivity contribution is 0.0956. The Morgan fingerprint density at radius 2 is 1.77 bits per heavy atom. The monoisotopic (exact) mass is 686 g/mol. The highest BCUT2D eigenvalue weighted by Gasteiger charge is 2.14. The fraction of sp³-hybridized carbons (Fsp3) is 0.0323. The van der Waals surface area contributed by atoms with Crippen molar-refractivity contribution < 1.29 is 9.53 Å². The molecule has 0 fully saturated rings. The SMILES string of the molecule is N#Cc1ccc(COc2c(Br)cc(/C=N\NC(=O)c3cc(-c4ccccc4)nc4ccccc34)cc2I)cc1. The number of fused-ring (bicyclic) bond motifs is 1. The number of amides is 1. The maximum Gasteiger partial charge on any atom is 0.272 e. The molecule has 0 spiro atoms. The molecule has 4 aromatic carbocycles. The van der Waals surface area contributed by atoms with Crippen LogP contribution in [-0.2, 0) is 6.61 Å². The van der Waals surface area contributed by atoms with Crippen LogP contribution < -0.4 is 10.2 Å². The van der Waals surface area contributed by atoms with Gasteiger partial charge in [-0.3, -0.25) is 4.79 Å². The van der Waals surface area contributed by atoms with Gasteiger partial charge in [0.2, 0.25) is 0 Å². The van der Waals surface area contributed by atoms with Crippen molar-refractivity contribution in [2.45, 2.75) is 6.61 Å². The number of carbonyl (C=O) groups excluding carboxylic acids is 1. The van der Waals surface area contributed by atoms with Gasteiger partial charge in [0, 0.05) is 10.9 Å². The van der Waals surface area contributed by atoms with E-state index in [1.54, 1.807) is 24.4 Å². The third-order valence-electron chi connectivity index (χ3n) is 5.90. The van der Waals surface area contributed by atoms with E-state index in [9.17, 15) is 4.79 Å². The molecule has 0 atom stereocenters. The van der Waals surface area contributed by atoms with Gasteiger partial charge < -0.3 is 4.74 Å². The van der Waals surface area contributed by atoms with Crippen molar-refractivity contribution in [3.8, 4) is 23.1 Å². The molecule has 1 N–H and O–H groups in total. The molecule has 39 heavy (non-hydrogen) atoms. The standard InChI is InChI=1S/C31H20BrIN4O2/c32-26-14-22(15-27(33)30(26)39-19-21-12-10-20(17-34)11-13-21)18-35-37-31(38)25-16-29(23-6-2-1-3-7-23)36-28-9-5-4-8-24(25)28/h1-16,18H,19H2,(H,37,38)/b35-18-. The van der Waals surface area contributed by atoms with Gasteiger partial charge in [0.1, 0.15) is 12.4 Å². The van der Waals surface area contributed by atoms with Crippen LogP contribution >= 0.6 is 38.5 Å². The van der Waals surface area contributed by atoms with Gasteiger partial charge in [0.25, 0.3) is 5.91 Å². The number of ether oxygens (including phenoxy) is 1. The van der Waals surface area contributed by atoms with Gasteiger partial charge in [0.05, 0.1) is 42.7 Å². The van der Waals surface area contributed by atoms with E-state index in [1.807, 2.05) is 78.9 Å². The number of rotatable bonds is 7. The van der Waals surface area contributed by atoms with Crippen LogP contribution in [0, 0.1) is 14.9 Å². The normalized spacial score (nSPS) is 10.9. The van der Waals surface area contributed by atoms with Crippen LogP contribution in [0.25, 0.3) is 22.2 Å². The molecule has 0 saturated carbocycles. The largest absolute Gasteiger partial charge is 0.487 e. The molecular formula is C31H20BrIN4O2. The van der Waals surface area contributed by atoms with E-state index in [4.69, 9.17) is 15.0 Å². The van der Waals surface area contributed by atoms with Gasteiger partial charge in [-0.25, -0.2) is 10.4 Å². The fourth-order valence-electron chi connectivity index (χ4n) is 3.97. The van der Waals surface area contributed by atoms with E-state index in [0.29, 0.717) is 23.5 Å². The van der Waals surface area contributed by atoms with Gasteiger partial charge in [-0.2, -0.15) is 10.4 Å².